The third-order valence-electron chi connectivity index (χ3n) is 5.65. The van der Waals surface area contributed by atoms with E-state index in [0.29, 0.717) is 25.5 Å². The molecule has 1 aliphatic rings. The van der Waals surface area contributed by atoms with Crippen molar-refractivity contribution in [1.29, 1.82) is 0 Å². The number of hydrogen-bond donors (Lipinski definition) is 1. The molecular formula is C23H30N4O3. The molecule has 7 heteroatoms. The molecule has 0 atom stereocenters. The Morgan fingerprint density at radius 1 is 1.07 bits per heavy atom. The third kappa shape index (κ3) is 3.89. The van der Waals surface area contributed by atoms with E-state index in [1.54, 1.807) is 37.8 Å². The van der Waals surface area contributed by atoms with Gasteiger partial charge in [-0.05, 0) is 51.0 Å². The topological polar surface area (TPSA) is 74.8 Å². The molecule has 2 heterocycles. The second kappa shape index (κ2) is 8.44. The number of pyridine rings is 1. The van der Waals surface area contributed by atoms with Crippen molar-refractivity contribution in [2.24, 2.45) is 5.41 Å². The number of nitrogens with one attached hydrogen (secondary N) is 1. The summed E-state index contributed by atoms with van der Waals surface area (Å²) in [5.41, 5.74) is 3.48. The standard InChI is InChI=1S/C23H30N4O3/c1-7-27-18-10-8-16(12-19(18)26(5)21(28)23(3,4)22(27)29)13-24-14-17-9-11-20(30-6)25-15(17)2/h8-12,24H,7,13-14H2,1-6H3. The zero-order valence-electron chi connectivity index (χ0n) is 18.6. The minimum atomic E-state index is -1.10. The molecule has 1 aromatic heterocycles. The van der Waals surface area contributed by atoms with Crippen LogP contribution in [0.5, 0.6) is 5.88 Å². The van der Waals surface area contributed by atoms with Crippen molar-refractivity contribution < 1.29 is 14.3 Å². The summed E-state index contributed by atoms with van der Waals surface area (Å²) in [7, 11) is 3.34. The number of aromatic nitrogens is 1. The highest BCUT2D eigenvalue weighted by atomic mass is 16.5. The maximum atomic E-state index is 13.0. The number of aryl methyl sites for hydroxylation is 1. The molecule has 0 unspecified atom stereocenters. The Kier molecular flexibility index (Phi) is 6.12. The summed E-state index contributed by atoms with van der Waals surface area (Å²) in [6.45, 7) is 9.07. The third-order valence-corrected chi connectivity index (χ3v) is 5.65. The number of fused-ring (bicyclic) bond motifs is 1. The summed E-state index contributed by atoms with van der Waals surface area (Å²) >= 11 is 0. The minimum Gasteiger partial charge on any atom is -0.481 e. The van der Waals surface area contributed by atoms with Crippen LogP contribution in [-0.4, -0.2) is 37.5 Å². The highest BCUT2D eigenvalue weighted by Crippen LogP contribution is 2.38. The Morgan fingerprint density at radius 2 is 1.80 bits per heavy atom. The molecule has 7 nitrogen and oxygen atoms in total. The zero-order chi connectivity index (χ0) is 22.1. The van der Waals surface area contributed by atoms with Crippen LogP contribution >= 0.6 is 0 Å². The average molecular weight is 411 g/mol. The lowest BCUT2D eigenvalue weighted by Gasteiger charge is -2.27. The lowest BCUT2D eigenvalue weighted by Crippen LogP contribution is -2.47. The Morgan fingerprint density at radius 3 is 2.43 bits per heavy atom. The number of ether oxygens (including phenoxy) is 1. The molecule has 1 aliphatic heterocycles. The van der Waals surface area contributed by atoms with Gasteiger partial charge in [-0.2, -0.15) is 0 Å². The Hall–Kier alpha value is -2.93. The Bertz CT molecular complexity index is 971. The number of benzene rings is 1. The van der Waals surface area contributed by atoms with Gasteiger partial charge < -0.3 is 19.9 Å². The summed E-state index contributed by atoms with van der Waals surface area (Å²) in [5.74, 6) is 0.233. The molecule has 0 fully saturated rings. The van der Waals surface area contributed by atoms with Crippen LogP contribution in [0.2, 0.25) is 0 Å². The quantitative estimate of drug-likeness (QED) is 0.741. The van der Waals surface area contributed by atoms with Gasteiger partial charge in [0.25, 0.3) is 0 Å². The van der Waals surface area contributed by atoms with Gasteiger partial charge in [-0.15, -0.1) is 0 Å². The zero-order valence-corrected chi connectivity index (χ0v) is 18.6. The van der Waals surface area contributed by atoms with Gasteiger partial charge in [-0.25, -0.2) is 4.98 Å². The SMILES string of the molecule is CCN1C(=O)C(C)(C)C(=O)N(C)c2cc(CNCc3ccc(OC)nc3C)ccc21. The number of rotatable bonds is 6. The monoisotopic (exact) mass is 410 g/mol. The van der Waals surface area contributed by atoms with Gasteiger partial charge in [0.1, 0.15) is 5.41 Å². The van der Waals surface area contributed by atoms with Crippen molar-refractivity contribution in [2.75, 3.05) is 30.5 Å². The molecule has 3 rings (SSSR count). The van der Waals surface area contributed by atoms with Crippen LogP contribution in [-0.2, 0) is 22.7 Å². The van der Waals surface area contributed by atoms with Crippen LogP contribution in [0.15, 0.2) is 30.3 Å². The number of hydrogen-bond acceptors (Lipinski definition) is 5. The van der Waals surface area contributed by atoms with Crippen molar-refractivity contribution in [3.8, 4) is 5.88 Å². The molecule has 30 heavy (non-hydrogen) atoms. The van der Waals surface area contributed by atoms with Gasteiger partial charge in [-0.1, -0.05) is 12.1 Å². The molecule has 0 aliphatic carbocycles. The van der Waals surface area contributed by atoms with Gasteiger partial charge in [0, 0.05) is 38.4 Å². The first-order chi connectivity index (χ1) is 14.2. The first-order valence-electron chi connectivity index (χ1n) is 10.1. The van der Waals surface area contributed by atoms with E-state index in [1.807, 2.05) is 44.2 Å². The van der Waals surface area contributed by atoms with E-state index in [0.717, 1.165) is 28.2 Å². The van der Waals surface area contributed by atoms with Crippen molar-refractivity contribution in [3.63, 3.8) is 0 Å². The van der Waals surface area contributed by atoms with Crippen molar-refractivity contribution in [3.05, 3.63) is 47.2 Å². The smallest absolute Gasteiger partial charge is 0.242 e. The van der Waals surface area contributed by atoms with Gasteiger partial charge in [0.05, 0.1) is 18.5 Å². The predicted molar refractivity (Wildman–Crippen MR) is 118 cm³/mol. The molecule has 1 N–H and O–H groups in total. The fraction of sp³-hybridized carbons (Fsp3) is 0.435. The number of nitrogens with zero attached hydrogens (tertiary/aromatic N) is 3. The Balaban J connectivity index is 1.81. The van der Waals surface area contributed by atoms with Gasteiger partial charge in [-0.3, -0.25) is 9.59 Å². The molecule has 0 saturated heterocycles. The number of amides is 2. The molecule has 0 bridgehead atoms. The summed E-state index contributed by atoms with van der Waals surface area (Å²) in [6, 6.07) is 9.77. The number of carbonyl (C=O) groups excluding carboxylic acids is 2. The van der Waals surface area contributed by atoms with Crippen LogP contribution in [0.3, 0.4) is 0 Å². The van der Waals surface area contributed by atoms with E-state index in [2.05, 4.69) is 10.3 Å². The molecular weight excluding hydrogens is 380 g/mol. The second-order valence-electron chi connectivity index (χ2n) is 8.06. The second-order valence-corrected chi connectivity index (χ2v) is 8.06. The van der Waals surface area contributed by atoms with Gasteiger partial charge >= 0.3 is 0 Å². The summed E-state index contributed by atoms with van der Waals surface area (Å²) in [6.07, 6.45) is 0. The average Bonchev–Trinajstić information content (AvgIpc) is 2.78. The van der Waals surface area contributed by atoms with Crippen LogP contribution in [0.25, 0.3) is 0 Å². The molecule has 160 valence electrons. The summed E-state index contributed by atoms with van der Waals surface area (Å²) in [4.78, 5) is 33.6. The van der Waals surface area contributed by atoms with Gasteiger partial charge in [0.2, 0.25) is 17.7 Å². The molecule has 2 aromatic rings. The van der Waals surface area contributed by atoms with Crippen LogP contribution in [0.1, 0.15) is 37.6 Å². The van der Waals surface area contributed by atoms with E-state index < -0.39 is 5.41 Å². The first-order valence-corrected chi connectivity index (χ1v) is 10.1. The van der Waals surface area contributed by atoms with Crippen molar-refractivity contribution >= 4 is 23.2 Å². The van der Waals surface area contributed by atoms with E-state index >= 15 is 0 Å². The first kappa shape index (κ1) is 21.8. The van der Waals surface area contributed by atoms with Crippen molar-refractivity contribution in [2.45, 2.75) is 40.8 Å². The van der Waals surface area contributed by atoms with Crippen LogP contribution in [0, 0.1) is 12.3 Å². The number of anilines is 2. The summed E-state index contributed by atoms with van der Waals surface area (Å²) in [5, 5.41) is 3.43. The van der Waals surface area contributed by atoms with E-state index in [1.165, 1.54) is 0 Å². The molecule has 0 saturated carbocycles. The fourth-order valence-corrected chi connectivity index (χ4v) is 3.77. The molecule has 0 radical (unpaired) electrons. The van der Waals surface area contributed by atoms with Crippen LogP contribution in [0.4, 0.5) is 11.4 Å². The van der Waals surface area contributed by atoms with Gasteiger partial charge in [0.15, 0.2) is 0 Å². The number of methoxy groups -OCH3 is 1. The highest BCUT2D eigenvalue weighted by Gasteiger charge is 2.45. The normalized spacial score (nSPS) is 15.8. The highest BCUT2D eigenvalue weighted by molar-refractivity contribution is 6.19. The van der Waals surface area contributed by atoms with Crippen molar-refractivity contribution in [1.82, 2.24) is 10.3 Å². The number of carbonyl (C=O) groups is 2. The molecule has 1 aromatic carbocycles. The summed E-state index contributed by atoms with van der Waals surface area (Å²) < 4.78 is 5.15. The maximum absolute atomic E-state index is 13.0. The maximum Gasteiger partial charge on any atom is 0.242 e. The fourth-order valence-electron chi connectivity index (χ4n) is 3.77. The van der Waals surface area contributed by atoms with Crippen LogP contribution < -0.4 is 19.9 Å². The predicted octanol–water partition coefficient (Wildman–Crippen LogP) is 3.04. The lowest BCUT2D eigenvalue weighted by molar-refractivity contribution is -0.137. The Labute approximate surface area is 178 Å². The van der Waals surface area contributed by atoms with E-state index in [4.69, 9.17) is 4.74 Å². The van der Waals surface area contributed by atoms with E-state index in [-0.39, 0.29) is 11.8 Å². The molecule has 0 spiro atoms. The minimum absolute atomic E-state index is 0.172. The molecule has 2 amide bonds. The van der Waals surface area contributed by atoms with E-state index in [9.17, 15) is 9.59 Å². The lowest BCUT2D eigenvalue weighted by atomic mass is 9.90. The largest absolute Gasteiger partial charge is 0.481 e.